The van der Waals surface area contributed by atoms with Gasteiger partial charge in [-0.1, -0.05) is 11.3 Å². The summed E-state index contributed by atoms with van der Waals surface area (Å²) in [6.07, 6.45) is 3.11. The number of rotatable bonds is 4. The minimum Gasteiger partial charge on any atom is -0.477 e. The molecule has 0 unspecified atom stereocenters. The van der Waals surface area contributed by atoms with Crippen molar-refractivity contribution in [1.29, 1.82) is 0 Å². The lowest BCUT2D eigenvalue weighted by Crippen LogP contribution is -2.44. The van der Waals surface area contributed by atoms with Crippen LogP contribution in [0, 0.1) is 10.1 Å². The fourth-order valence-corrected chi connectivity index (χ4v) is 4.71. The lowest BCUT2D eigenvalue weighted by molar-refractivity contribution is -0.382. The standard InChI is InChI=1S/C16H18N4O5S/c1-17-4-6-18(7-5-17)15-12(20(24)25)11-13(21)10(16(22)23)8-19(9-2-3-9)14(11)26-15/h8-9H,2-7H2,1H3,(H,22,23). The molecule has 1 N–H and O–H groups in total. The molecule has 26 heavy (non-hydrogen) atoms. The lowest BCUT2D eigenvalue weighted by atomic mass is 10.2. The first-order chi connectivity index (χ1) is 12.4. The Bertz CT molecular complexity index is 969. The van der Waals surface area contributed by atoms with E-state index in [2.05, 4.69) is 4.90 Å². The number of aromatic nitrogens is 1. The van der Waals surface area contributed by atoms with Crippen LogP contribution in [0.25, 0.3) is 10.2 Å². The molecule has 9 nitrogen and oxygen atoms in total. The van der Waals surface area contributed by atoms with Gasteiger partial charge < -0.3 is 19.5 Å². The van der Waals surface area contributed by atoms with Crippen LogP contribution < -0.4 is 10.3 Å². The van der Waals surface area contributed by atoms with Gasteiger partial charge in [0.2, 0.25) is 5.43 Å². The van der Waals surface area contributed by atoms with Crippen molar-refractivity contribution in [3.8, 4) is 0 Å². The van der Waals surface area contributed by atoms with E-state index in [4.69, 9.17) is 0 Å². The molecular weight excluding hydrogens is 360 g/mol. The zero-order chi connectivity index (χ0) is 18.6. The molecule has 0 radical (unpaired) electrons. The molecular formula is C16H18N4O5S. The molecule has 2 aliphatic rings. The molecule has 138 valence electrons. The third kappa shape index (κ3) is 2.65. The van der Waals surface area contributed by atoms with Crippen molar-refractivity contribution >= 4 is 38.2 Å². The summed E-state index contributed by atoms with van der Waals surface area (Å²) in [4.78, 5) is 40.1. The van der Waals surface area contributed by atoms with Gasteiger partial charge in [-0.15, -0.1) is 0 Å². The average molecular weight is 378 g/mol. The number of fused-ring (bicyclic) bond motifs is 1. The number of thiophene rings is 1. The van der Waals surface area contributed by atoms with Gasteiger partial charge in [0, 0.05) is 38.4 Å². The number of aromatic carboxylic acids is 1. The highest BCUT2D eigenvalue weighted by Crippen LogP contribution is 2.46. The van der Waals surface area contributed by atoms with E-state index >= 15 is 0 Å². The highest BCUT2D eigenvalue weighted by molar-refractivity contribution is 7.23. The van der Waals surface area contributed by atoms with Crippen molar-refractivity contribution in [1.82, 2.24) is 9.47 Å². The third-order valence-electron chi connectivity index (χ3n) is 4.96. The Hall–Kier alpha value is -2.46. The molecule has 2 fully saturated rings. The van der Waals surface area contributed by atoms with Gasteiger partial charge in [0.1, 0.15) is 15.8 Å². The molecule has 0 aromatic carbocycles. The maximum Gasteiger partial charge on any atom is 0.341 e. The largest absolute Gasteiger partial charge is 0.477 e. The van der Waals surface area contributed by atoms with Gasteiger partial charge in [0.05, 0.1) is 4.92 Å². The summed E-state index contributed by atoms with van der Waals surface area (Å²) in [7, 11) is 1.99. The maximum atomic E-state index is 12.7. The Morgan fingerprint density at radius 1 is 1.31 bits per heavy atom. The summed E-state index contributed by atoms with van der Waals surface area (Å²) >= 11 is 1.23. The van der Waals surface area contributed by atoms with Crippen LogP contribution in [0.4, 0.5) is 10.7 Å². The average Bonchev–Trinajstić information content (AvgIpc) is 3.34. The number of piperazine rings is 1. The molecule has 0 amide bonds. The summed E-state index contributed by atoms with van der Waals surface area (Å²) in [6, 6.07) is 0.106. The van der Waals surface area contributed by atoms with Crippen molar-refractivity contribution in [3.63, 3.8) is 0 Å². The number of hydrogen-bond acceptors (Lipinski definition) is 7. The van der Waals surface area contributed by atoms with E-state index in [1.54, 1.807) is 4.57 Å². The fourth-order valence-electron chi connectivity index (χ4n) is 3.35. The normalized spacial score (nSPS) is 18.4. The SMILES string of the molecule is CN1CCN(c2sc3c(c2[N+](=O)[O-])c(=O)c(C(=O)O)cn3C2CC2)CC1. The first-order valence-corrected chi connectivity index (χ1v) is 9.23. The zero-order valence-electron chi connectivity index (χ0n) is 14.2. The molecule has 2 aromatic heterocycles. The van der Waals surface area contributed by atoms with Crippen LogP contribution in [-0.4, -0.2) is 58.7 Å². The van der Waals surface area contributed by atoms with E-state index in [9.17, 15) is 24.8 Å². The second-order valence-electron chi connectivity index (χ2n) is 6.80. The van der Waals surface area contributed by atoms with Gasteiger partial charge in [0.25, 0.3) is 0 Å². The summed E-state index contributed by atoms with van der Waals surface area (Å²) in [5.41, 5.74) is -1.43. The van der Waals surface area contributed by atoms with Crippen molar-refractivity contribution in [2.75, 3.05) is 38.1 Å². The Morgan fingerprint density at radius 2 is 1.96 bits per heavy atom. The third-order valence-corrected chi connectivity index (χ3v) is 6.22. The summed E-state index contributed by atoms with van der Waals surface area (Å²) in [5, 5.41) is 21.6. The van der Waals surface area contributed by atoms with Crippen LogP contribution in [-0.2, 0) is 0 Å². The highest BCUT2D eigenvalue weighted by atomic mass is 32.1. The van der Waals surface area contributed by atoms with Crippen molar-refractivity contribution in [2.24, 2.45) is 0 Å². The Morgan fingerprint density at radius 3 is 2.50 bits per heavy atom. The molecule has 10 heteroatoms. The van der Waals surface area contributed by atoms with Crippen molar-refractivity contribution < 1.29 is 14.8 Å². The number of carboxylic acids is 1. The van der Waals surface area contributed by atoms with Crippen LogP contribution in [0.3, 0.4) is 0 Å². The predicted octanol–water partition coefficient (Wildman–Crippen LogP) is 1.76. The van der Waals surface area contributed by atoms with Gasteiger partial charge in [-0.25, -0.2) is 4.79 Å². The van der Waals surface area contributed by atoms with Crippen LogP contribution in [0.2, 0.25) is 0 Å². The lowest BCUT2D eigenvalue weighted by Gasteiger charge is -2.32. The topological polar surface area (TPSA) is 109 Å². The van der Waals surface area contributed by atoms with Gasteiger partial charge in [-0.05, 0) is 19.9 Å². The number of carboxylic acid groups (broad SMARTS) is 1. The minimum atomic E-state index is -1.35. The van der Waals surface area contributed by atoms with Crippen LogP contribution >= 0.6 is 11.3 Å². The Kier molecular flexibility index (Phi) is 3.96. The number of nitrogens with zero attached hydrogens (tertiary/aromatic N) is 4. The van der Waals surface area contributed by atoms with E-state index in [0.29, 0.717) is 22.9 Å². The van der Waals surface area contributed by atoms with Crippen LogP contribution in [0.15, 0.2) is 11.0 Å². The first kappa shape index (κ1) is 17.0. The minimum absolute atomic E-state index is 0.0688. The maximum absolute atomic E-state index is 12.7. The van der Waals surface area contributed by atoms with Gasteiger partial charge >= 0.3 is 11.7 Å². The first-order valence-electron chi connectivity index (χ1n) is 8.41. The van der Waals surface area contributed by atoms with Gasteiger partial charge in [0.15, 0.2) is 5.00 Å². The van der Waals surface area contributed by atoms with Gasteiger partial charge in [-0.3, -0.25) is 14.9 Å². The number of carbonyl (C=O) groups is 1. The van der Waals surface area contributed by atoms with Crippen molar-refractivity contribution in [3.05, 3.63) is 32.1 Å². The Labute approximate surface area is 152 Å². The fraction of sp³-hybridized carbons (Fsp3) is 0.500. The van der Waals surface area contributed by atoms with E-state index in [1.807, 2.05) is 11.9 Å². The second kappa shape index (κ2) is 6.06. The van der Waals surface area contributed by atoms with E-state index in [1.165, 1.54) is 17.5 Å². The van der Waals surface area contributed by atoms with E-state index in [-0.39, 0.29) is 17.1 Å². The summed E-state index contributed by atoms with van der Waals surface area (Å²) < 4.78 is 1.75. The monoisotopic (exact) mass is 378 g/mol. The number of likely N-dealkylation sites (N-methyl/N-ethyl adjacent to an activating group) is 1. The number of hydrogen-bond donors (Lipinski definition) is 1. The predicted molar refractivity (Wildman–Crippen MR) is 97.7 cm³/mol. The molecule has 0 spiro atoms. The molecule has 3 heterocycles. The molecule has 1 aliphatic heterocycles. The number of pyridine rings is 1. The van der Waals surface area contributed by atoms with E-state index < -0.39 is 21.9 Å². The highest BCUT2D eigenvalue weighted by Gasteiger charge is 2.35. The van der Waals surface area contributed by atoms with Gasteiger partial charge in [-0.2, -0.15) is 0 Å². The van der Waals surface area contributed by atoms with Crippen LogP contribution in [0.1, 0.15) is 29.2 Å². The number of nitro groups is 1. The zero-order valence-corrected chi connectivity index (χ0v) is 15.0. The number of anilines is 1. The van der Waals surface area contributed by atoms with Crippen molar-refractivity contribution in [2.45, 2.75) is 18.9 Å². The molecule has 4 rings (SSSR count). The molecule has 0 bridgehead atoms. The Balaban J connectivity index is 1.99. The van der Waals surface area contributed by atoms with Crippen LogP contribution in [0.5, 0.6) is 0 Å². The molecule has 1 aliphatic carbocycles. The quantitative estimate of drug-likeness (QED) is 0.638. The molecule has 1 saturated carbocycles. The van der Waals surface area contributed by atoms with E-state index in [0.717, 1.165) is 25.9 Å². The molecule has 2 aromatic rings. The molecule has 1 saturated heterocycles. The smallest absolute Gasteiger partial charge is 0.341 e. The second-order valence-corrected chi connectivity index (χ2v) is 7.78. The molecule has 0 atom stereocenters. The summed E-state index contributed by atoms with van der Waals surface area (Å²) in [6.45, 7) is 2.82. The summed E-state index contributed by atoms with van der Waals surface area (Å²) in [5.74, 6) is -1.35.